The molecule has 0 spiro atoms. The molecule has 6 nitrogen and oxygen atoms in total. The number of dihydropyridines is 1. The molecule has 0 saturated heterocycles. The highest BCUT2D eigenvalue weighted by Crippen LogP contribution is 2.47. The number of benzene rings is 2. The number of nitrogens with one attached hydrogen (secondary N) is 2. The number of hydrogen-bond acceptors (Lipinski definition) is 5. The van der Waals surface area contributed by atoms with Gasteiger partial charge in [0.05, 0.1) is 6.61 Å². The summed E-state index contributed by atoms with van der Waals surface area (Å²) in [5.74, 6) is -0.441. The number of para-hydroxylation sites is 1. The first-order valence-corrected chi connectivity index (χ1v) is 11.7. The summed E-state index contributed by atoms with van der Waals surface area (Å²) in [7, 11) is 0. The average Bonchev–Trinajstić information content (AvgIpc) is 2.75. The topological polar surface area (TPSA) is 87.7 Å². The Hall–Kier alpha value is -3.54. The van der Waals surface area contributed by atoms with Gasteiger partial charge in [0.15, 0.2) is 17.3 Å². The fourth-order valence-corrected chi connectivity index (χ4v) is 4.95. The SMILES string of the molecule is CCOc1cc([C@@H]2C(C(=O)Nc3ccccc3C)=C(C)NC3=C2C(=O)CC(C)(C)C3)ccc1O. The molecule has 2 aromatic carbocycles. The standard InChI is InChI=1S/C28H32N2O4/c1-6-34-23-13-18(11-12-21(23)31)25-24(27(33)30-19-10-8-7-9-16(19)2)17(3)29-20-14-28(4,5)15-22(32)26(20)25/h7-13,25,29,31H,6,14-15H2,1-5H3,(H,30,33)/t25-/m1/s1. The second-order valence-electron chi connectivity index (χ2n) is 9.86. The Morgan fingerprint density at radius 2 is 1.91 bits per heavy atom. The summed E-state index contributed by atoms with van der Waals surface area (Å²) in [6.45, 7) is 10.2. The number of allylic oxidation sites excluding steroid dienone is 3. The Bertz CT molecular complexity index is 1220. The molecule has 1 atom stereocenters. The molecule has 0 bridgehead atoms. The minimum atomic E-state index is -0.566. The Labute approximate surface area is 200 Å². The van der Waals surface area contributed by atoms with Crippen molar-refractivity contribution in [3.8, 4) is 11.5 Å². The van der Waals surface area contributed by atoms with Gasteiger partial charge in [0.1, 0.15) is 0 Å². The molecular weight excluding hydrogens is 428 g/mol. The van der Waals surface area contributed by atoms with Crippen LogP contribution in [0.15, 0.2) is 65.0 Å². The predicted octanol–water partition coefficient (Wildman–Crippen LogP) is 5.34. The quantitative estimate of drug-likeness (QED) is 0.560. The normalized spacial score (nSPS) is 19.4. The molecule has 0 fully saturated rings. The number of aryl methyl sites for hydroxylation is 1. The summed E-state index contributed by atoms with van der Waals surface area (Å²) < 4.78 is 5.61. The lowest BCUT2D eigenvalue weighted by atomic mass is 9.68. The molecule has 1 heterocycles. The molecule has 4 rings (SSSR count). The zero-order valence-electron chi connectivity index (χ0n) is 20.4. The smallest absolute Gasteiger partial charge is 0.254 e. The first-order chi connectivity index (χ1) is 16.1. The van der Waals surface area contributed by atoms with E-state index in [0.29, 0.717) is 42.0 Å². The summed E-state index contributed by atoms with van der Waals surface area (Å²) >= 11 is 0. The van der Waals surface area contributed by atoms with Crippen molar-refractivity contribution < 1.29 is 19.4 Å². The van der Waals surface area contributed by atoms with E-state index in [9.17, 15) is 14.7 Å². The molecule has 2 aromatic rings. The van der Waals surface area contributed by atoms with Gasteiger partial charge in [-0.05, 0) is 61.9 Å². The maximum atomic E-state index is 13.7. The van der Waals surface area contributed by atoms with Crippen molar-refractivity contribution in [1.29, 1.82) is 0 Å². The van der Waals surface area contributed by atoms with Gasteiger partial charge in [0.2, 0.25) is 0 Å². The highest BCUT2D eigenvalue weighted by molar-refractivity contribution is 6.10. The third kappa shape index (κ3) is 4.45. The first-order valence-electron chi connectivity index (χ1n) is 11.7. The summed E-state index contributed by atoms with van der Waals surface area (Å²) in [4.78, 5) is 27.1. The molecule has 0 radical (unpaired) electrons. The van der Waals surface area contributed by atoms with Gasteiger partial charge in [0.25, 0.3) is 5.91 Å². The molecule has 0 aromatic heterocycles. The maximum Gasteiger partial charge on any atom is 0.254 e. The van der Waals surface area contributed by atoms with Crippen molar-refractivity contribution in [3.05, 3.63) is 76.1 Å². The Morgan fingerprint density at radius 1 is 1.18 bits per heavy atom. The van der Waals surface area contributed by atoms with E-state index in [4.69, 9.17) is 4.74 Å². The number of anilines is 1. The van der Waals surface area contributed by atoms with Crippen LogP contribution in [0, 0.1) is 12.3 Å². The van der Waals surface area contributed by atoms with E-state index in [0.717, 1.165) is 22.5 Å². The van der Waals surface area contributed by atoms with Gasteiger partial charge in [-0.1, -0.05) is 38.1 Å². The number of carbonyl (C=O) groups excluding carboxylic acids is 2. The summed E-state index contributed by atoms with van der Waals surface area (Å²) in [5.41, 5.74) is 4.93. The molecule has 0 saturated carbocycles. The van der Waals surface area contributed by atoms with Crippen LogP contribution in [0.5, 0.6) is 11.5 Å². The largest absolute Gasteiger partial charge is 0.504 e. The van der Waals surface area contributed by atoms with Gasteiger partial charge in [-0.3, -0.25) is 9.59 Å². The summed E-state index contributed by atoms with van der Waals surface area (Å²) in [6, 6.07) is 12.7. The molecule has 6 heteroatoms. The Morgan fingerprint density at radius 3 is 2.62 bits per heavy atom. The van der Waals surface area contributed by atoms with Gasteiger partial charge in [-0.15, -0.1) is 0 Å². The van der Waals surface area contributed by atoms with Crippen molar-refractivity contribution in [1.82, 2.24) is 5.32 Å². The number of hydrogen-bond donors (Lipinski definition) is 3. The molecule has 1 amide bonds. The van der Waals surface area contributed by atoms with Crippen LogP contribution < -0.4 is 15.4 Å². The molecule has 3 N–H and O–H groups in total. The Balaban J connectivity index is 1.85. The minimum absolute atomic E-state index is 0.0245. The van der Waals surface area contributed by atoms with Crippen LogP contribution in [-0.4, -0.2) is 23.4 Å². The van der Waals surface area contributed by atoms with E-state index in [-0.39, 0.29) is 22.9 Å². The molecule has 1 aliphatic heterocycles. The second-order valence-corrected chi connectivity index (χ2v) is 9.86. The van der Waals surface area contributed by atoms with Crippen LogP contribution in [0.25, 0.3) is 0 Å². The molecule has 34 heavy (non-hydrogen) atoms. The summed E-state index contributed by atoms with van der Waals surface area (Å²) in [6.07, 6.45) is 1.12. The van der Waals surface area contributed by atoms with E-state index in [1.165, 1.54) is 0 Å². The zero-order chi connectivity index (χ0) is 24.6. The van der Waals surface area contributed by atoms with Crippen LogP contribution in [0.3, 0.4) is 0 Å². The number of carbonyl (C=O) groups is 2. The van der Waals surface area contributed by atoms with E-state index in [1.54, 1.807) is 18.2 Å². The van der Waals surface area contributed by atoms with Crippen LogP contribution >= 0.6 is 0 Å². The van der Waals surface area contributed by atoms with Crippen molar-refractivity contribution >= 4 is 17.4 Å². The second kappa shape index (κ2) is 9.01. The van der Waals surface area contributed by atoms with Gasteiger partial charge in [0, 0.05) is 40.6 Å². The van der Waals surface area contributed by atoms with Crippen molar-refractivity contribution in [3.63, 3.8) is 0 Å². The third-order valence-corrected chi connectivity index (χ3v) is 6.49. The number of rotatable bonds is 5. The summed E-state index contributed by atoms with van der Waals surface area (Å²) in [5, 5.41) is 16.7. The van der Waals surface area contributed by atoms with Crippen LogP contribution in [0.4, 0.5) is 5.69 Å². The van der Waals surface area contributed by atoms with Crippen LogP contribution in [0.2, 0.25) is 0 Å². The van der Waals surface area contributed by atoms with E-state index >= 15 is 0 Å². The highest BCUT2D eigenvalue weighted by atomic mass is 16.5. The van der Waals surface area contributed by atoms with Gasteiger partial charge in [-0.25, -0.2) is 0 Å². The number of phenols is 1. The molecule has 1 aliphatic carbocycles. The molecular formula is C28H32N2O4. The lowest BCUT2D eigenvalue weighted by Gasteiger charge is -2.39. The fraction of sp³-hybridized carbons (Fsp3) is 0.357. The Kier molecular flexibility index (Phi) is 6.26. The van der Waals surface area contributed by atoms with Crippen LogP contribution in [0.1, 0.15) is 57.6 Å². The van der Waals surface area contributed by atoms with E-state index in [1.807, 2.05) is 45.0 Å². The number of phenolic OH excluding ortho intramolecular Hbond substituents is 1. The monoisotopic (exact) mass is 460 g/mol. The zero-order valence-corrected chi connectivity index (χ0v) is 20.4. The predicted molar refractivity (Wildman–Crippen MR) is 133 cm³/mol. The number of Topliss-reactive ketones (excluding diaryl/α,β-unsaturated/α-hetero) is 1. The number of aromatic hydroxyl groups is 1. The minimum Gasteiger partial charge on any atom is -0.504 e. The van der Waals surface area contributed by atoms with Crippen molar-refractivity contribution in [2.45, 2.75) is 53.4 Å². The van der Waals surface area contributed by atoms with Gasteiger partial charge >= 0.3 is 0 Å². The maximum absolute atomic E-state index is 13.7. The fourth-order valence-electron chi connectivity index (χ4n) is 4.95. The van der Waals surface area contributed by atoms with Gasteiger partial charge < -0.3 is 20.5 Å². The lowest BCUT2D eigenvalue weighted by Crippen LogP contribution is -2.39. The number of amides is 1. The molecule has 0 unspecified atom stereocenters. The number of ether oxygens (including phenoxy) is 1. The van der Waals surface area contributed by atoms with Crippen molar-refractivity contribution in [2.24, 2.45) is 5.41 Å². The first kappa shape index (κ1) is 23.6. The van der Waals surface area contributed by atoms with E-state index in [2.05, 4.69) is 24.5 Å². The number of ketones is 1. The van der Waals surface area contributed by atoms with E-state index < -0.39 is 5.92 Å². The highest BCUT2D eigenvalue weighted by Gasteiger charge is 2.42. The average molecular weight is 461 g/mol. The third-order valence-electron chi connectivity index (χ3n) is 6.49. The van der Waals surface area contributed by atoms with Crippen molar-refractivity contribution in [2.75, 3.05) is 11.9 Å². The van der Waals surface area contributed by atoms with Gasteiger partial charge in [-0.2, -0.15) is 0 Å². The lowest BCUT2D eigenvalue weighted by molar-refractivity contribution is -0.118. The molecule has 2 aliphatic rings. The molecule has 178 valence electrons. The van der Waals surface area contributed by atoms with Crippen LogP contribution in [-0.2, 0) is 9.59 Å².